The van der Waals surface area contributed by atoms with Crippen LogP contribution in [0.15, 0.2) is 0 Å². The maximum atomic E-state index is 11.9. The number of hydrogen-bond donors (Lipinski definition) is 2. The van der Waals surface area contributed by atoms with Crippen LogP contribution in [0.3, 0.4) is 0 Å². The smallest absolute Gasteiger partial charge is 0.410 e. The first-order valence-electron chi connectivity index (χ1n) is 7.46. The summed E-state index contributed by atoms with van der Waals surface area (Å²) >= 11 is 0. The molecule has 0 aromatic carbocycles. The number of nitrogens with one attached hydrogen (secondary N) is 2. The van der Waals surface area contributed by atoms with Crippen molar-refractivity contribution in [1.82, 2.24) is 15.5 Å². The highest BCUT2D eigenvalue weighted by atomic mass is 16.6. The molecule has 7 heteroatoms. The molecule has 2 aliphatic rings. The fourth-order valence-corrected chi connectivity index (χ4v) is 2.49. The SMILES string of the molecule is CC(C)(C)OC(=O)N1CCC(CNCC2CNC(=O)O2)C1. The summed E-state index contributed by atoms with van der Waals surface area (Å²) in [6.45, 7) is 9.08. The third-order valence-electron chi connectivity index (χ3n) is 3.49. The highest BCUT2D eigenvalue weighted by Crippen LogP contribution is 2.18. The average molecular weight is 299 g/mol. The number of hydrogen-bond acceptors (Lipinski definition) is 5. The fraction of sp³-hybridized carbons (Fsp3) is 0.857. The molecular weight excluding hydrogens is 274 g/mol. The van der Waals surface area contributed by atoms with Crippen molar-refractivity contribution in [2.45, 2.75) is 38.9 Å². The summed E-state index contributed by atoms with van der Waals surface area (Å²) in [5.41, 5.74) is -0.452. The number of alkyl carbamates (subject to hydrolysis) is 1. The van der Waals surface area contributed by atoms with Gasteiger partial charge >= 0.3 is 12.2 Å². The van der Waals surface area contributed by atoms with Gasteiger partial charge in [0.25, 0.3) is 0 Å². The van der Waals surface area contributed by atoms with E-state index in [-0.39, 0.29) is 18.3 Å². The van der Waals surface area contributed by atoms with E-state index in [4.69, 9.17) is 9.47 Å². The summed E-state index contributed by atoms with van der Waals surface area (Å²) in [5, 5.41) is 5.92. The number of ether oxygens (including phenoxy) is 2. The molecule has 120 valence electrons. The van der Waals surface area contributed by atoms with Gasteiger partial charge in [-0.2, -0.15) is 0 Å². The Kier molecular flexibility index (Phi) is 4.92. The van der Waals surface area contributed by atoms with Crippen LogP contribution in [0.1, 0.15) is 27.2 Å². The van der Waals surface area contributed by atoms with Gasteiger partial charge in [-0.1, -0.05) is 0 Å². The van der Waals surface area contributed by atoms with Crippen LogP contribution in [0.2, 0.25) is 0 Å². The Morgan fingerprint density at radius 3 is 2.86 bits per heavy atom. The Morgan fingerprint density at radius 1 is 1.48 bits per heavy atom. The molecule has 2 N–H and O–H groups in total. The molecule has 2 atom stereocenters. The normalized spacial score (nSPS) is 25.7. The molecule has 2 heterocycles. The first-order chi connectivity index (χ1) is 9.83. The maximum Gasteiger partial charge on any atom is 0.410 e. The zero-order valence-corrected chi connectivity index (χ0v) is 13.0. The minimum absolute atomic E-state index is 0.0964. The van der Waals surface area contributed by atoms with E-state index < -0.39 is 5.60 Å². The van der Waals surface area contributed by atoms with Crippen molar-refractivity contribution in [2.24, 2.45) is 5.92 Å². The number of nitrogens with zero attached hydrogens (tertiary/aromatic N) is 1. The summed E-state index contributed by atoms with van der Waals surface area (Å²) in [6, 6.07) is 0. The highest BCUT2D eigenvalue weighted by Gasteiger charge is 2.30. The minimum Gasteiger partial charge on any atom is -0.444 e. The van der Waals surface area contributed by atoms with Crippen LogP contribution in [-0.4, -0.2) is 61.5 Å². The van der Waals surface area contributed by atoms with Gasteiger partial charge in [0.05, 0.1) is 6.54 Å². The quantitative estimate of drug-likeness (QED) is 0.807. The molecule has 2 fully saturated rings. The third-order valence-corrected chi connectivity index (χ3v) is 3.49. The summed E-state index contributed by atoms with van der Waals surface area (Å²) in [7, 11) is 0. The molecule has 0 bridgehead atoms. The molecule has 2 aliphatic heterocycles. The number of rotatable bonds is 4. The molecular formula is C14H25N3O4. The lowest BCUT2D eigenvalue weighted by atomic mass is 10.1. The largest absolute Gasteiger partial charge is 0.444 e. The first kappa shape index (κ1) is 15.9. The average Bonchev–Trinajstić information content (AvgIpc) is 2.97. The predicted octanol–water partition coefficient (Wildman–Crippen LogP) is 0.941. The molecule has 21 heavy (non-hydrogen) atoms. The summed E-state index contributed by atoms with van der Waals surface area (Å²) in [4.78, 5) is 24.6. The van der Waals surface area contributed by atoms with Gasteiger partial charge in [0, 0.05) is 19.6 Å². The lowest BCUT2D eigenvalue weighted by Gasteiger charge is -2.24. The molecule has 2 amide bonds. The molecule has 2 unspecified atom stereocenters. The van der Waals surface area contributed by atoms with E-state index in [1.54, 1.807) is 4.90 Å². The fourth-order valence-electron chi connectivity index (χ4n) is 2.49. The van der Waals surface area contributed by atoms with Crippen molar-refractivity contribution in [3.05, 3.63) is 0 Å². The lowest BCUT2D eigenvalue weighted by Crippen LogP contribution is -2.37. The first-order valence-corrected chi connectivity index (χ1v) is 7.46. The van der Waals surface area contributed by atoms with Crippen LogP contribution in [-0.2, 0) is 9.47 Å². The van der Waals surface area contributed by atoms with E-state index in [0.29, 0.717) is 25.6 Å². The third kappa shape index (κ3) is 5.08. The maximum absolute atomic E-state index is 11.9. The van der Waals surface area contributed by atoms with Gasteiger partial charge < -0.3 is 25.0 Å². The predicted molar refractivity (Wildman–Crippen MR) is 77.1 cm³/mol. The molecule has 0 aromatic rings. The molecule has 2 saturated heterocycles. The monoisotopic (exact) mass is 299 g/mol. The Balaban J connectivity index is 1.63. The van der Waals surface area contributed by atoms with Gasteiger partial charge in [0.15, 0.2) is 0 Å². The van der Waals surface area contributed by atoms with E-state index >= 15 is 0 Å². The van der Waals surface area contributed by atoms with Crippen LogP contribution >= 0.6 is 0 Å². The number of cyclic esters (lactones) is 1. The van der Waals surface area contributed by atoms with Crippen LogP contribution in [0, 0.1) is 5.92 Å². The number of carbonyl (C=O) groups excluding carboxylic acids is 2. The molecule has 0 aliphatic carbocycles. The molecule has 0 saturated carbocycles. The van der Waals surface area contributed by atoms with Crippen molar-refractivity contribution in [3.63, 3.8) is 0 Å². The van der Waals surface area contributed by atoms with E-state index in [1.165, 1.54) is 0 Å². The zero-order valence-electron chi connectivity index (χ0n) is 13.0. The van der Waals surface area contributed by atoms with Crippen LogP contribution in [0.25, 0.3) is 0 Å². The second-order valence-corrected chi connectivity index (χ2v) is 6.65. The topological polar surface area (TPSA) is 79.9 Å². The van der Waals surface area contributed by atoms with E-state index in [9.17, 15) is 9.59 Å². The Bertz CT molecular complexity index is 394. The summed E-state index contributed by atoms with van der Waals surface area (Å²) < 4.78 is 10.4. The van der Waals surface area contributed by atoms with E-state index in [1.807, 2.05) is 20.8 Å². The lowest BCUT2D eigenvalue weighted by molar-refractivity contribution is 0.0288. The zero-order chi connectivity index (χ0) is 15.5. The van der Waals surface area contributed by atoms with Crippen molar-refractivity contribution >= 4 is 12.2 Å². The second kappa shape index (κ2) is 6.51. The van der Waals surface area contributed by atoms with Gasteiger partial charge in [-0.25, -0.2) is 9.59 Å². The number of likely N-dealkylation sites (tertiary alicyclic amines) is 1. The van der Waals surface area contributed by atoms with Gasteiger partial charge in [-0.15, -0.1) is 0 Å². The van der Waals surface area contributed by atoms with Crippen molar-refractivity contribution in [1.29, 1.82) is 0 Å². The number of carbonyl (C=O) groups is 2. The van der Waals surface area contributed by atoms with Crippen molar-refractivity contribution < 1.29 is 19.1 Å². The molecule has 0 aromatic heterocycles. The Hall–Kier alpha value is -1.50. The summed E-state index contributed by atoms with van der Waals surface area (Å²) in [5.74, 6) is 0.419. The molecule has 7 nitrogen and oxygen atoms in total. The summed E-state index contributed by atoms with van der Waals surface area (Å²) in [6.07, 6.45) is 0.285. The molecule has 0 spiro atoms. The van der Waals surface area contributed by atoms with Gasteiger partial charge in [-0.3, -0.25) is 0 Å². The standard InChI is InChI=1S/C14H25N3O4/c1-14(2,3)21-13(19)17-5-4-10(9-17)6-15-7-11-8-16-12(18)20-11/h10-11,15H,4-9H2,1-3H3,(H,16,18). The molecule has 2 rings (SSSR count). The van der Waals surface area contributed by atoms with Gasteiger partial charge in [0.1, 0.15) is 11.7 Å². The molecule has 0 radical (unpaired) electrons. The van der Waals surface area contributed by atoms with Crippen LogP contribution in [0.4, 0.5) is 9.59 Å². The van der Waals surface area contributed by atoms with E-state index in [2.05, 4.69) is 10.6 Å². The Labute approximate surface area is 125 Å². The second-order valence-electron chi connectivity index (χ2n) is 6.65. The van der Waals surface area contributed by atoms with E-state index in [0.717, 1.165) is 19.5 Å². The van der Waals surface area contributed by atoms with Crippen LogP contribution in [0.5, 0.6) is 0 Å². The van der Waals surface area contributed by atoms with Gasteiger partial charge in [0.2, 0.25) is 0 Å². The van der Waals surface area contributed by atoms with Crippen molar-refractivity contribution in [2.75, 3.05) is 32.7 Å². The van der Waals surface area contributed by atoms with Crippen molar-refractivity contribution in [3.8, 4) is 0 Å². The van der Waals surface area contributed by atoms with Crippen LogP contribution < -0.4 is 10.6 Å². The van der Waals surface area contributed by atoms with Gasteiger partial charge in [-0.05, 0) is 39.7 Å². The minimum atomic E-state index is -0.452. The Morgan fingerprint density at radius 2 is 2.24 bits per heavy atom. The number of amides is 2. The highest BCUT2D eigenvalue weighted by molar-refractivity contribution is 5.69.